The summed E-state index contributed by atoms with van der Waals surface area (Å²) < 4.78 is 5.22. The summed E-state index contributed by atoms with van der Waals surface area (Å²) in [5, 5.41) is 10.1. The van der Waals surface area contributed by atoms with Crippen molar-refractivity contribution in [2.24, 2.45) is 0 Å². The second-order valence-electron chi connectivity index (χ2n) is 5.95. The van der Waals surface area contributed by atoms with Crippen molar-refractivity contribution in [3.05, 3.63) is 36.0 Å². The van der Waals surface area contributed by atoms with E-state index in [-0.39, 0.29) is 11.9 Å². The Bertz CT molecular complexity index is 675. The van der Waals surface area contributed by atoms with Crippen LogP contribution in [0.5, 0.6) is 5.75 Å². The topological polar surface area (TPSA) is 70.2 Å². The summed E-state index contributed by atoms with van der Waals surface area (Å²) in [6.45, 7) is 2.03. The fourth-order valence-corrected chi connectivity index (χ4v) is 2.78. The first kappa shape index (κ1) is 15.6. The fraction of sp³-hybridized carbons (Fsp3) is 0.412. The molecular weight excluding hydrogens is 292 g/mol. The maximum absolute atomic E-state index is 12.3. The zero-order valence-corrected chi connectivity index (χ0v) is 13.5. The third-order valence-electron chi connectivity index (χ3n) is 4.24. The third kappa shape index (κ3) is 3.71. The van der Waals surface area contributed by atoms with E-state index in [9.17, 15) is 4.79 Å². The zero-order valence-electron chi connectivity index (χ0n) is 13.5. The predicted octanol–water partition coefficient (Wildman–Crippen LogP) is 1.91. The number of amides is 1. The average molecular weight is 314 g/mol. The van der Waals surface area contributed by atoms with Crippen LogP contribution in [0.25, 0.3) is 11.3 Å². The van der Waals surface area contributed by atoms with Gasteiger partial charge in [-0.2, -0.15) is 5.10 Å². The summed E-state index contributed by atoms with van der Waals surface area (Å²) in [6.07, 6.45) is 1.97. The third-order valence-corrected chi connectivity index (χ3v) is 4.24. The van der Waals surface area contributed by atoms with Crippen LogP contribution in [0, 0.1) is 0 Å². The number of carbonyl (C=O) groups is 1. The van der Waals surface area contributed by atoms with Gasteiger partial charge in [0, 0.05) is 11.6 Å². The molecule has 0 unspecified atom stereocenters. The lowest BCUT2D eigenvalue weighted by Crippen LogP contribution is -2.43. The molecule has 1 saturated heterocycles. The summed E-state index contributed by atoms with van der Waals surface area (Å²) in [5.41, 5.74) is 2.14. The molecule has 0 saturated carbocycles. The highest BCUT2D eigenvalue weighted by Crippen LogP contribution is 2.22. The van der Waals surface area contributed by atoms with Crippen molar-refractivity contribution < 1.29 is 9.53 Å². The standard InChI is InChI=1S/C17H22N4O2/c1-21-8-6-13(7-9-21)18-17(22)16-11-15(19-20-16)12-4-3-5-14(10-12)23-2/h3-5,10-11,13H,6-9H2,1-2H3,(H,18,22)(H,19,20). The molecule has 6 heteroatoms. The van der Waals surface area contributed by atoms with Crippen LogP contribution >= 0.6 is 0 Å². The number of likely N-dealkylation sites (tertiary alicyclic amines) is 1. The second-order valence-corrected chi connectivity index (χ2v) is 5.95. The van der Waals surface area contributed by atoms with Crippen LogP contribution in [0.15, 0.2) is 30.3 Å². The van der Waals surface area contributed by atoms with Crippen LogP contribution in [-0.2, 0) is 0 Å². The van der Waals surface area contributed by atoms with Crippen molar-refractivity contribution in [2.45, 2.75) is 18.9 Å². The minimum Gasteiger partial charge on any atom is -0.497 e. The lowest BCUT2D eigenvalue weighted by atomic mass is 10.1. The van der Waals surface area contributed by atoms with E-state index in [1.807, 2.05) is 24.3 Å². The molecule has 0 spiro atoms. The molecule has 3 rings (SSSR count). The molecule has 0 aliphatic carbocycles. The van der Waals surface area contributed by atoms with Crippen LogP contribution in [0.4, 0.5) is 0 Å². The SMILES string of the molecule is COc1cccc(-c2cc(C(=O)NC3CCN(C)CC3)[nH]n2)c1. The van der Waals surface area contributed by atoms with E-state index >= 15 is 0 Å². The Hall–Kier alpha value is -2.34. The van der Waals surface area contributed by atoms with Gasteiger partial charge in [-0.05, 0) is 51.2 Å². The number of methoxy groups -OCH3 is 1. The summed E-state index contributed by atoms with van der Waals surface area (Å²) in [7, 11) is 3.73. The van der Waals surface area contributed by atoms with Gasteiger partial charge in [-0.3, -0.25) is 9.89 Å². The number of aromatic nitrogens is 2. The minimum atomic E-state index is -0.0961. The van der Waals surface area contributed by atoms with Gasteiger partial charge in [0.05, 0.1) is 12.8 Å². The minimum absolute atomic E-state index is 0.0961. The van der Waals surface area contributed by atoms with Gasteiger partial charge < -0.3 is 15.0 Å². The first-order chi connectivity index (χ1) is 11.2. The number of piperidine rings is 1. The molecule has 2 heterocycles. The van der Waals surface area contributed by atoms with E-state index in [0.29, 0.717) is 5.69 Å². The molecule has 0 bridgehead atoms. The van der Waals surface area contributed by atoms with Crippen molar-refractivity contribution in [1.29, 1.82) is 0 Å². The van der Waals surface area contributed by atoms with Gasteiger partial charge in [-0.15, -0.1) is 0 Å². The van der Waals surface area contributed by atoms with Gasteiger partial charge in [-0.1, -0.05) is 12.1 Å². The van der Waals surface area contributed by atoms with E-state index in [0.717, 1.165) is 42.9 Å². The first-order valence-corrected chi connectivity index (χ1v) is 7.85. The highest BCUT2D eigenvalue weighted by atomic mass is 16.5. The normalized spacial score (nSPS) is 16.3. The summed E-state index contributed by atoms with van der Waals surface area (Å²) in [4.78, 5) is 14.6. The number of H-pyrrole nitrogens is 1. The molecule has 122 valence electrons. The average Bonchev–Trinajstić information content (AvgIpc) is 3.07. The summed E-state index contributed by atoms with van der Waals surface area (Å²) in [5.74, 6) is 0.670. The summed E-state index contributed by atoms with van der Waals surface area (Å²) in [6, 6.07) is 9.64. The molecule has 1 aromatic heterocycles. The van der Waals surface area contributed by atoms with Gasteiger partial charge in [0.2, 0.25) is 0 Å². The number of hydrogen-bond donors (Lipinski definition) is 2. The largest absolute Gasteiger partial charge is 0.497 e. The molecule has 2 aromatic rings. The molecule has 0 atom stereocenters. The Balaban J connectivity index is 1.67. The van der Waals surface area contributed by atoms with Gasteiger partial charge in [0.15, 0.2) is 0 Å². The Morgan fingerprint density at radius 1 is 1.35 bits per heavy atom. The molecule has 1 amide bonds. The van der Waals surface area contributed by atoms with Gasteiger partial charge in [0.25, 0.3) is 5.91 Å². The molecular formula is C17H22N4O2. The molecule has 0 radical (unpaired) electrons. The number of rotatable bonds is 4. The number of carbonyl (C=O) groups excluding carboxylic acids is 1. The molecule has 2 N–H and O–H groups in total. The molecule has 1 aliphatic heterocycles. The zero-order chi connectivity index (χ0) is 16.2. The number of aromatic amines is 1. The van der Waals surface area contributed by atoms with E-state index in [2.05, 4.69) is 27.5 Å². The number of hydrogen-bond acceptors (Lipinski definition) is 4. The number of ether oxygens (including phenoxy) is 1. The fourth-order valence-electron chi connectivity index (χ4n) is 2.78. The van der Waals surface area contributed by atoms with Gasteiger partial charge in [-0.25, -0.2) is 0 Å². The van der Waals surface area contributed by atoms with Crippen molar-refractivity contribution in [3.8, 4) is 17.0 Å². The van der Waals surface area contributed by atoms with Crippen LogP contribution in [0.3, 0.4) is 0 Å². The Morgan fingerprint density at radius 3 is 2.87 bits per heavy atom. The first-order valence-electron chi connectivity index (χ1n) is 7.85. The maximum Gasteiger partial charge on any atom is 0.269 e. The lowest BCUT2D eigenvalue weighted by molar-refractivity contribution is 0.0912. The molecule has 1 aliphatic rings. The summed E-state index contributed by atoms with van der Waals surface area (Å²) >= 11 is 0. The smallest absolute Gasteiger partial charge is 0.269 e. The van der Waals surface area contributed by atoms with Crippen molar-refractivity contribution in [3.63, 3.8) is 0 Å². The van der Waals surface area contributed by atoms with E-state index in [1.165, 1.54) is 0 Å². The quantitative estimate of drug-likeness (QED) is 0.904. The lowest BCUT2D eigenvalue weighted by Gasteiger charge is -2.29. The number of nitrogens with zero attached hydrogens (tertiary/aromatic N) is 2. The second kappa shape index (κ2) is 6.83. The number of nitrogens with one attached hydrogen (secondary N) is 2. The van der Waals surface area contributed by atoms with Gasteiger partial charge >= 0.3 is 0 Å². The maximum atomic E-state index is 12.3. The van der Waals surface area contributed by atoms with Crippen LogP contribution in [0.2, 0.25) is 0 Å². The Morgan fingerprint density at radius 2 is 2.13 bits per heavy atom. The molecule has 23 heavy (non-hydrogen) atoms. The number of benzene rings is 1. The van der Waals surface area contributed by atoms with Crippen LogP contribution < -0.4 is 10.1 Å². The van der Waals surface area contributed by atoms with Gasteiger partial charge in [0.1, 0.15) is 11.4 Å². The van der Waals surface area contributed by atoms with Crippen molar-refractivity contribution in [2.75, 3.05) is 27.2 Å². The highest BCUT2D eigenvalue weighted by Gasteiger charge is 2.20. The predicted molar refractivity (Wildman–Crippen MR) is 88.6 cm³/mol. The van der Waals surface area contributed by atoms with Crippen molar-refractivity contribution in [1.82, 2.24) is 20.4 Å². The molecule has 1 fully saturated rings. The van der Waals surface area contributed by atoms with Crippen LogP contribution in [0.1, 0.15) is 23.3 Å². The Labute approximate surface area is 135 Å². The molecule has 6 nitrogen and oxygen atoms in total. The van der Waals surface area contributed by atoms with Crippen LogP contribution in [-0.4, -0.2) is 54.3 Å². The highest BCUT2D eigenvalue weighted by molar-refractivity contribution is 5.93. The monoisotopic (exact) mass is 314 g/mol. The van der Waals surface area contributed by atoms with E-state index in [1.54, 1.807) is 13.2 Å². The Kier molecular flexibility index (Phi) is 4.62. The van der Waals surface area contributed by atoms with Crippen molar-refractivity contribution >= 4 is 5.91 Å². The molecule has 1 aromatic carbocycles. The van der Waals surface area contributed by atoms with E-state index < -0.39 is 0 Å². The van der Waals surface area contributed by atoms with E-state index in [4.69, 9.17) is 4.74 Å².